The van der Waals surface area contributed by atoms with Crippen molar-refractivity contribution < 1.29 is 4.79 Å². The molecule has 0 amide bonds. The van der Waals surface area contributed by atoms with Crippen molar-refractivity contribution in [2.24, 2.45) is 0 Å². The molecule has 1 heteroatoms. The van der Waals surface area contributed by atoms with Gasteiger partial charge in [-0.1, -0.05) is 49.6 Å². The van der Waals surface area contributed by atoms with E-state index in [1.54, 1.807) is 6.08 Å². The topological polar surface area (TPSA) is 17.1 Å². The molecule has 0 fully saturated rings. The molecule has 0 bridgehead atoms. The summed E-state index contributed by atoms with van der Waals surface area (Å²) in [5, 5.41) is 0. The zero-order chi connectivity index (χ0) is 11.8. The molecule has 0 aromatic heterocycles. The van der Waals surface area contributed by atoms with Gasteiger partial charge in [-0.2, -0.15) is 0 Å². The molecule has 1 nitrogen and oxygen atoms in total. The van der Waals surface area contributed by atoms with Gasteiger partial charge in [0.05, 0.1) is 0 Å². The number of aldehydes is 1. The Morgan fingerprint density at radius 1 is 1.25 bits per heavy atom. The Balaban J connectivity index is 2.80. The van der Waals surface area contributed by atoms with Crippen molar-refractivity contribution in [3.8, 4) is 0 Å². The number of aryl methyl sites for hydroxylation is 2. The Hall–Kier alpha value is -1.37. The average Bonchev–Trinajstić information content (AvgIpc) is 2.28. The standard InChI is InChI=1S/C15H20O/c1-3-4-5-7-15-12-13(2)9-10-14(15)8-6-11-16/h6,8-12H,3-5,7H2,1-2H3/b8-6+. The van der Waals surface area contributed by atoms with Crippen LogP contribution in [0.1, 0.15) is 42.9 Å². The first-order valence-electron chi connectivity index (χ1n) is 5.99. The van der Waals surface area contributed by atoms with Gasteiger partial charge in [-0.15, -0.1) is 0 Å². The molecule has 0 spiro atoms. The number of hydrogen-bond donors (Lipinski definition) is 0. The molecule has 0 unspecified atom stereocenters. The Kier molecular flexibility index (Phi) is 5.55. The number of rotatable bonds is 6. The highest BCUT2D eigenvalue weighted by molar-refractivity contribution is 5.74. The van der Waals surface area contributed by atoms with E-state index < -0.39 is 0 Å². The van der Waals surface area contributed by atoms with E-state index in [9.17, 15) is 4.79 Å². The lowest BCUT2D eigenvalue weighted by Crippen LogP contribution is -1.91. The summed E-state index contributed by atoms with van der Waals surface area (Å²) in [5.41, 5.74) is 3.81. The fourth-order valence-electron chi connectivity index (χ4n) is 1.82. The van der Waals surface area contributed by atoms with E-state index in [1.807, 2.05) is 6.08 Å². The third-order valence-corrected chi connectivity index (χ3v) is 2.70. The van der Waals surface area contributed by atoms with Crippen LogP contribution in [0.15, 0.2) is 24.3 Å². The second-order valence-corrected chi connectivity index (χ2v) is 4.15. The summed E-state index contributed by atoms with van der Waals surface area (Å²) in [4.78, 5) is 10.3. The minimum atomic E-state index is 0.829. The van der Waals surface area contributed by atoms with E-state index in [1.165, 1.54) is 36.0 Å². The van der Waals surface area contributed by atoms with Crippen LogP contribution < -0.4 is 0 Å². The SMILES string of the molecule is CCCCCc1cc(C)ccc1/C=C/C=O. The predicted molar refractivity (Wildman–Crippen MR) is 69.5 cm³/mol. The van der Waals surface area contributed by atoms with Crippen LogP contribution in [0.2, 0.25) is 0 Å². The summed E-state index contributed by atoms with van der Waals surface area (Å²) in [6.45, 7) is 4.32. The van der Waals surface area contributed by atoms with Gasteiger partial charge in [0.1, 0.15) is 6.29 Å². The normalized spacial score (nSPS) is 10.9. The van der Waals surface area contributed by atoms with E-state index in [0.717, 1.165) is 12.7 Å². The van der Waals surface area contributed by atoms with Crippen molar-refractivity contribution in [1.29, 1.82) is 0 Å². The third kappa shape index (κ3) is 4.01. The highest BCUT2D eigenvalue weighted by Crippen LogP contribution is 2.16. The van der Waals surface area contributed by atoms with Crippen molar-refractivity contribution in [2.75, 3.05) is 0 Å². The molecule has 16 heavy (non-hydrogen) atoms. The molecule has 0 aliphatic rings. The molecule has 0 saturated heterocycles. The van der Waals surface area contributed by atoms with Gasteiger partial charge in [0.2, 0.25) is 0 Å². The van der Waals surface area contributed by atoms with Gasteiger partial charge in [-0.25, -0.2) is 0 Å². The van der Waals surface area contributed by atoms with Crippen molar-refractivity contribution in [3.63, 3.8) is 0 Å². The first kappa shape index (κ1) is 12.7. The maximum Gasteiger partial charge on any atom is 0.142 e. The number of carbonyl (C=O) groups excluding carboxylic acids is 1. The molecule has 0 radical (unpaired) electrons. The second kappa shape index (κ2) is 7.00. The van der Waals surface area contributed by atoms with Crippen LogP contribution >= 0.6 is 0 Å². The summed E-state index contributed by atoms with van der Waals surface area (Å²) in [6.07, 6.45) is 9.13. The van der Waals surface area contributed by atoms with Crippen molar-refractivity contribution in [3.05, 3.63) is 41.0 Å². The molecule has 0 aliphatic heterocycles. The van der Waals surface area contributed by atoms with E-state index in [4.69, 9.17) is 0 Å². The van der Waals surface area contributed by atoms with Gasteiger partial charge in [0.25, 0.3) is 0 Å². The van der Waals surface area contributed by atoms with E-state index >= 15 is 0 Å². The Morgan fingerprint density at radius 3 is 2.75 bits per heavy atom. The van der Waals surface area contributed by atoms with Crippen LogP contribution in [0.5, 0.6) is 0 Å². The first-order chi connectivity index (χ1) is 7.77. The molecule has 0 saturated carbocycles. The maximum absolute atomic E-state index is 10.3. The monoisotopic (exact) mass is 216 g/mol. The highest BCUT2D eigenvalue weighted by atomic mass is 16.1. The van der Waals surface area contributed by atoms with E-state index in [2.05, 4.69) is 32.0 Å². The van der Waals surface area contributed by atoms with E-state index in [0.29, 0.717) is 0 Å². The van der Waals surface area contributed by atoms with Crippen LogP contribution in [0.25, 0.3) is 6.08 Å². The zero-order valence-electron chi connectivity index (χ0n) is 10.2. The lowest BCUT2D eigenvalue weighted by molar-refractivity contribution is -0.104. The van der Waals surface area contributed by atoms with Crippen LogP contribution in [0.3, 0.4) is 0 Å². The van der Waals surface area contributed by atoms with Crippen LogP contribution in [-0.4, -0.2) is 6.29 Å². The summed E-state index contributed by atoms with van der Waals surface area (Å²) in [5.74, 6) is 0. The van der Waals surface area contributed by atoms with Gasteiger partial charge in [0.15, 0.2) is 0 Å². The maximum atomic E-state index is 10.3. The van der Waals surface area contributed by atoms with Gasteiger partial charge >= 0.3 is 0 Å². The van der Waals surface area contributed by atoms with Crippen LogP contribution in [0, 0.1) is 6.92 Å². The summed E-state index contributed by atoms with van der Waals surface area (Å²) < 4.78 is 0. The van der Waals surface area contributed by atoms with E-state index in [-0.39, 0.29) is 0 Å². The van der Waals surface area contributed by atoms with Gasteiger partial charge in [-0.05, 0) is 37.0 Å². The first-order valence-corrected chi connectivity index (χ1v) is 5.99. The Bertz CT molecular complexity index is 364. The minimum absolute atomic E-state index is 0.829. The zero-order valence-corrected chi connectivity index (χ0v) is 10.2. The minimum Gasteiger partial charge on any atom is -0.299 e. The summed E-state index contributed by atoms with van der Waals surface area (Å²) in [6, 6.07) is 6.41. The molecule has 0 N–H and O–H groups in total. The van der Waals surface area contributed by atoms with Gasteiger partial charge in [-0.3, -0.25) is 4.79 Å². The summed E-state index contributed by atoms with van der Waals surface area (Å²) >= 11 is 0. The summed E-state index contributed by atoms with van der Waals surface area (Å²) in [7, 11) is 0. The molecule has 1 rings (SSSR count). The molecule has 0 heterocycles. The number of carbonyl (C=O) groups is 1. The fourth-order valence-corrected chi connectivity index (χ4v) is 1.82. The van der Waals surface area contributed by atoms with Crippen LogP contribution in [-0.2, 0) is 11.2 Å². The number of benzene rings is 1. The Labute approximate surface area is 98.2 Å². The van der Waals surface area contributed by atoms with Crippen molar-refractivity contribution >= 4 is 12.4 Å². The molecule has 86 valence electrons. The highest BCUT2D eigenvalue weighted by Gasteiger charge is 2.00. The molecule has 0 aliphatic carbocycles. The average molecular weight is 216 g/mol. The largest absolute Gasteiger partial charge is 0.299 e. The number of unbranched alkanes of at least 4 members (excludes halogenated alkanes) is 2. The Morgan fingerprint density at radius 2 is 2.06 bits per heavy atom. The van der Waals surface area contributed by atoms with Crippen LogP contribution in [0.4, 0.5) is 0 Å². The molecule has 1 aromatic carbocycles. The fraction of sp³-hybridized carbons (Fsp3) is 0.400. The lowest BCUT2D eigenvalue weighted by atomic mass is 9.99. The lowest BCUT2D eigenvalue weighted by Gasteiger charge is -2.07. The predicted octanol–water partition coefficient (Wildman–Crippen LogP) is 3.94. The smallest absolute Gasteiger partial charge is 0.142 e. The molecular formula is C15H20O. The molecular weight excluding hydrogens is 196 g/mol. The van der Waals surface area contributed by atoms with Crippen molar-refractivity contribution in [1.82, 2.24) is 0 Å². The number of hydrogen-bond acceptors (Lipinski definition) is 1. The van der Waals surface area contributed by atoms with Gasteiger partial charge < -0.3 is 0 Å². The number of allylic oxidation sites excluding steroid dienone is 1. The second-order valence-electron chi connectivity index (χ2n) is 4.15. The third-order valence-electron chi connectivity index (χ3n) is 2.70. The van der Waals surface area contributed by atoms with Crippen molar-refractivity contribution in [2.45, 2.75) is 39.5 Å². The van der Waals surface area contributed by atoms with Gasteiger partial charge in [0, 0.05) is 0 Å². The molecule has 0 atom stereocenters. The molecule has 1 aromatic rings. The quantitative estimate of drug-likeness (QED) is 0.400.